The lowest BCUT2D eigenvalue weighted by Gasteiger charge is -2.40. The van der Waals surface area contributed by atoms with Gasteiger partial charge in [-0.1, -0.05) is 30.1 Å². The molecule has 1 saturated carbocycles. The molecule has 11 heteroatoms. The Kier molecular flexibility index (Phi) is 9.04. The lowest BCUT2D eigenvalue weighted by atomic mass is 9.91. The standard InChI is InChI=1S/C27H32Cl2F2N2O4S/c1-3-25(18-10-20(28)13-21(29)11-18)33-8-6-27(31,7-9-33)16-37-15-19-12-24(30)23(14-22(19)17-4-5-17)26(34)32-38(2,35)36/h10-14,17,25H,3-9,15-16H2,1-2H3,(H,32,34). The third-order valence-electron chi connectivity index (χ3n) is 7.18. The fraction of sp³-hybridized carbons (Fsp3) is 0.519. The van der Waals surface area contributed by atoms with E-state index in [0.717, 1.165) is 36.6 Å². The van der Waals surface area contributed by atoms with Crippen LogP contribution in [0.3, 0.4) is 0 Å². The normalized spacial score (nSPS) is 18.8. The fourth-order valence-corrected chi connectivity index (χ4v) is 6.11. The van der Waals surface area contributed by atoms with Crippen LogP contribution < -0.4 is 4.72 Å². The van der Waals surface area contributed by atoms with E-state index in [-0.39, 0.29) is 30.7 Å². The van der Waals surface area contributed by atoms with Gasteiger partial charge in [-0.25, -0.2) is 21.9 Å². The van der Waals surface area contributed by atoms with E-state index in [1.165, 1.54) is 12.1 Å². The highest BCUT2D eigenvalue weighted by Gasteiger charge is 2.37. The molecule has 1 atom stereocenters. The minimum atomic E-state index is -3.83. The second kappa shape index (κ2) is 11.8. The first-order chi connectivity index (χ1) is 17.9. The van der Waals surface area contributed by atoms with Gasteiger partial charge in [0.05, 0.1) is 25.0 Å². The summed E-state index contributed by atoms with van der Waals surface area (Å²) in [4.78, 5) is 14.5. The van der Waals surface area contributed by atoms with Gasteiger partial charge in [0.1, 0.15) is 11.5 Å². The molecule has 0 radical (unpaired) electrons. The Morgan fingerprint density at radius 2 is 1.79 bits per heavy atom. The van der Waals surface area contributed by atoms with Crippen molar-refractivity contribution in [1.82, 2.24) is 9.62 Å². The second-order valence-corrected chi connectivity index (χ2v) is 12.9. The van der Waals surface area contributed by atoms with E-state index in [9.17, 15) is 17.6 Å². The molecule has 2 aliphatic rings. The molecule has 0 bridgehead atoms. The maximum atomic E-state index is 15.6. The molecule has 4 rings (SSSR count). The van der Waals surface area contributed by atoms with Crippen molar-refractivity contribution in [3.05, 3.63) is 68.4 Å². The predicted molar refractivity (Wildman–Crippen MR) is 144 cm³/mol. The van der Waals surface area contributed by atoms with E-state index in [4.69, 9.17) is 27.9 Å². The number of likely N-dealkylation sites (tertiary alicyclic amines) is 1. The van der Waals surface area contributed by atoms with Crippen LogP contribution in [0.2, 0.25) is 10.0 Å². The number of rotatable bonds is 10. The summed E-state index contributed by atoms with van der Waals surface area (Å²) in [6.45, 7) is 3.06. The molecule has 1 unspecified atom stereocenters. The molecule has 1 amide bonds. The quantitative estimate of drug-likeness (QED) is 0.359. The van der Waals surface area contributed by atoms with Gasteiger partial charge in [-0.2, -0.15) is 0 Å². The molecular weight excluding hydrogens is 557 g/mol. The Morgan fingerprint density at radius 1 is 1.16 bits per heavy atom. The molecule has 2 aromatic carbocycles. The first-order valence-electron chi connectivity index (χ1n) is 12.7. The van der Waals surface area contributed by atoms with Crippen LogP contribution in [0.1, 0.15) is 78.0 Å². The number of hydrogen-bond acceptors (Lipinski definition) is 5. The number of nitrogens with zero attached hydrogens (tertiary/aromatic N) is 1. The van der Waals surface area contributed by atoms with Crippen molar-refractivity contribution >= 4 is 39.1 Å². The summed E-state index contributed by atoms with van der Waals surface area (Å²) >= 11 is 12.4. The molecule has 38 heavy (non-hydrogen) atoms. The predicted octanol–water partition coefficient (Wildman–Crippen LogP) is 6.17. The van der Waals surface area contributed by atoms with Crippen molar-refractivity contribution in [2.45, 2.75) is 63.3 Å². The van der Waals surface area contributed by atoms with Crippen LogP contribution in [0.15, 0.2) is 30.3 Å². The maximum absolute atomic E-state index is 15.6. The number of piperidine rings is 1. The summed E-state index contributed by atoms with van der Waals surface area (Å²) < 4.78 is 60.7. The van der Waals surface area contributed by atoms with Crippen LogP contribution in [0.4, 0.5) is 8.78 Å². The number of carbonyl (C=O) groups is 1. The van der Waals surface area contributed by atoms with Crippen LogP contribution in [0, 0.1) is 5.82 Å². The Hall–Kier alpha value is -1.78. The largest absolute Gasteiger partial charge is 0.373 e. The zero-order valence-corrected chi connectivity index (χ0v) is 23.7. The van der Waals surface area contributed by atoms with Crippen molar-refractivity contribution in [2.24, 2.45) is 0 Å². The van der Waals surface area contributed by atoms with Crippen molar-refractivity contribution in [3.8, 4) is 0 Å². The molecule has 1 aliphatic heterocycles. The van der Waals surface area contributed by atoms with Crippen molar-refractivity contribution < 1.29 is 26.7 Å². The average molecular weight is 590 g/mol. The van der Waals surface area contributed by atoms with Gasteiger partial charge >= 0.3 is 0 Å². The summed E-state index contributed by atoms with van der Waals surface area (Å²) in [5.74, 6) is -1.71. The van der Waals surface area contributed by atoms with Crippen LogP contribution in [0.5, 0.6) is 0 Å². The molecule has 1 aliphatic carbocycles. The van der Waals surface area contributed by atoms with Gasteiger partial charge in [-0.3, -0.25) is 9.69 Å². The van der Waals surface area contributed by atoms with E-state index in [1.807, 2.05) is 12.1 Å². The lowest BCUT2D eigenvalue weighted by molar-refractivity contribution is -0.0383. The van der Waals surface area contributed by atoms with Gasteiger partial charge in [-0.15, -0.1) is 0 Å². The van der Waals surface area contributed by atoms with Gasteiger partial charge in [0.15, 0.2) is 0 Å². The van der Waals surface area contributed by atoms with Crippen LogP contribution >= 0.6 is 23.2 Å². The van der Waals surface area contributed by atoms with E-state index in [0.29, 0.717) is 41.5 Å². The summed E-state index contributed by atoms with van der Waals surface area (Å²) in [6.07, 6.45) is 4.02. The zero-order chi connectivity index (χ0) is 27.7. The van der Waals surface area contributed by atoms with E-state index in [1.54, 1.807) is 10.8 Å². The molecule has 1 heterocycles. The van der Waals surface area contributed by atoms with E-state index < -0.39 is 27.4 Å². The van der Waals surface area contributed by atoms with Gasteiger partial charge in [0, 0.05) is 29.2 Å². The highest BCUT2D eigenvalue weighted by atomic mass is 35.5. The summed E-state index contributed by atoms with van der Waals surface area (Å²) in [6, 6.07) is 8.16. The summed E-state index contributed by atoms with van der Waals surface area (Å²) in [7, 11) is -3.83. The highest BCUT2D eigenvalue weighted by Crippen LogP contribution is 2.43. The van der Waals surface area contributed by atoms with Crippen LogP contribution in [-0.2, 0) is 21.4 Å². The zero-order valence-electron chi connectivity index (χ0n) is 21.4. The summed E-state index contributed by atoms with van der Waals surface area (Å²) in [5, 5.41) is 1.14. The number of hydrogen-bond donors (Lipinski definition) is 1. The minimum absolute atomic E-state index is 0.00467. The third-order valence-corrected chi connectivity index (χ3v) is 8.17. The minimum Gasteiger partial charge on any atom is -0.373 e. The number of carbonyl (C=O) groups excluding carboxylic acids is 1. The van der Waals surface area contributed by atoms with Crippen LogP contribution in [0.25, 0.3) is 0 Å². The maximum Gasteiger partial charge on any atom is 0.267 e. The second-order valence-electron chi connectivity index (χ2n) is 10.3. The first kappa shape index (κ1) is 29.2. The SMILES string of the molecule is CCC(c1cc(Cl)cc(Cl)c1)N1CCC(F)(COCc2cc(F)c(C(=O)NS(C)(=O)=O)cc2C2CC2)CC1. The molecule has 1 N–H and O–H groups in total. The molecule has 2 aromatic rings. The van der Waals surface area contributed by atoms with E-state index >= 15 is 4.39 Å². The van der Waals surface area contributed by atoms with Gasteiger partial charge in [0.2, 0.25) is 10.0 Å². The first-order valence-corrected chi connectivity index (χ1v) is 15.3. The molecule has 1 saturated heterocycles. The lowest BCUT2D eigenvalue weighted by Crippen LogP contribution is -2.45. The monoisotopic (exact) mass is 588 g/mol. The average Bonchev–Trinajstić information content (AvgIpc) is 3.64. The topological polar surface area (TPSA) is 75.7 Å². The molecule has 208 valence electrons. The van der Waals surface area contributed by atoms with Crippen molar-refractivity contribution in [1.29, 1.82) is 0 Å². The molecule has 0 spiro atoms. The smallest absolute Gasteiger partial charge is 0.267 e. The Bertz CT molecular complexity index is 1280. The van der Waals surface area contributed by atoms with Gasteiger partial charge < -0.3 is 4.74 Å². The molecule has 6 nitrogen and oxygen atoms in total. The number of alkyl halides is 1. The Morgan fingerprint density at radius 3 is 2.34 bits per heavy atom. The number of amides is 1. The van der Waals surface area contributed by atoms with Gasteiger partial charge in [0.25, 0.3) is 5.91 Å². The number of ether oxygens (including phenoxy) is 1. The third kappa shape index (κ3) is 7.45. The Labute approximate surface area is 232 Å². The van der Waals surface area contributed by atoms with Crippen molar-refractivity contribution in [3.63, 3.8) is 0 Å². The fourth-order valence-electron chi connectivity index (χ4n) is 5.12. The summed E-state index contributed by atoms with van der Waals surface area (Å²) in [5.41, 5.74) is 0.455. The highest BCUT2D eigenvalue weighted by molar-refractivity contribution is 7.89. The van der Waals surface area contributed by atoms with Crippen LogP contribution in [-0.4, -0.2) is 50.8 Å². The van der Waals surface area contributed by atoms with Gasteiger partial charge in [-0.05, 0) is 85.0 Å². The molecular formula is C27H32Cl2F2N2O4S. The number of sulfonamides is 1. The Balaban J connectivity index is 1.37. The molecule has 2 fully saturated rings. The van der Waals surface area contributed by atoms with Crippen molar-refractivity contribution in [2.75, 3.05) is 26.0 Å². The number of benzene rings is 2. The number of nitrogens with one attached hydrogen (secondary N) is 1. The van der Waals surface area contributed by atoms with E-state index in [2.05, 4.69) is 11.8 Å². The molecule has 0 aromatic heterocycles. The number of halogens is 4.